The molecule has 0 amide bonds. The fraction of sp³-hybridized carbons (Fsp3) is 0.368. The molecule has 22 heavy (non-hydrogen) atoms. The Labute approximate surface area is 133 Å². The van der Waals surface area contributed by atoms with Gasteiger partial charge in [-0.15, -0.1) is 0 Å². The van der Waals surface area contributed by atoms with Gasteiger partial charge in [-0.2, -0.15) is 0 Å². The Balaban J connectivity index is 2.20. The van der Waals surface area contributed by atoms with Gasteiger partial charge in [0.2, 0.25) is 0 Å². The Kier molecular flexibility index (Phi) is 5.84. The van der Waals surface area contributed by atoms with Crippen LogP contribution in [0.15, 0.2) is 42.5 Å². The lowest BCUT2D eigenvalue weighted by Gasteiger charge is -2.17. The molecule has 2 N–H and O–H groups in total. The highest BCUT2D eigenvalue weighted by molar-refractivity contribution is 5.44. The van der Waals surface area contributed by atoms with E-state index in [0.717, 1.165) is 23.5 Å². The number of nitrogens with two attached hydrogens (primary N) is 1. The molecule has 0 aromatic heterocycles. The summed E-state index contributed by atoms with van der Waals surface area (Å²) in [5.74, 6) is 1.54. The monoisotopic (exact) mass is 299 g/mol. The predicted molar refractivity (Wildman–Crippen MR) is 90.6 cm³/mol. The number of hydrogen-bond donors (Lipinski definition) is 1. The van der Waals surface area contributed by atoms with Crippen LogP contribution in [0.2, 0.25) is 0 Å². The normalized spacial score (nSPS) is 12.0. The van der Waals surface area contributed by atoms with Gasteiger partial charge in [-0.3, -0.25) is 0 Å². The summed E-state index contributed by atoms with van der Waals surface area (Å²) in [6.07, 6.45) is 0.812. The summed E-state index contributed by atoms with van der Waals surface area (Å²) in [7, 11) is 0. The third-order valence-corrected chi connectivity index (χ3v) is 3.70. The molecule has 0 spiro atoms. The summed E-state index contributed by atoms with van der Waals surface area (Å²) in [5.41, 5.74) is 10.0. The summed E-state index contributed by atoms with van der Waals surface area (Å²) in [6.45, 7) is 7.28. The third-order valence-electron chi connectivity index (χ3n) is 3.70. The lowest BCUT2D eigenvalue weighted by atomic mass is 9.96. The Morgan fingerprint density at radius 1 is 0.955 bits per heavy atom. The molecule has 0 heterocycles. The topological polar surface area (TPSA) is 44.5 Å². The van der Waals surface area contributed by atoms with Crippen molar-refractivity contribution in [3.05, 3.63) is 59.2 Å². The van der Waals surface area contributed by atoms with E-state index in [1.165, 1.54) is 11.1 Å². The van der Waals surface area contributed by atoms with Crippen molar-refractivity contribution >= 4 is 0 Å². The number of benzene rings is 2. The maximum Gasteiger partial charge on any atom is 0.161 e. The molecular formula is C19H25NO2. The zero-order valence-electron chi connectivity index (χ0n) is 13.6. The highest BCUT2D eigenvalue weighted by Crippen LogP contribution is 2.31. The lowest BCUT2D eigenvalue weighted by molar-refractivity contribution is 0.287. The molecule has 1 atom stereocenters. The maximum absolute atomic E-state index is 6.39. The summed E-state index contributed by atoms with van der Waals surface area (Å²) >= 11 is 0. The van der Waals surface area contributed by atoms with E-state index in [2.05, 4.69) is 31.2 Å². The van der Waals surface area contributed by atoms with Crippen LogP contribution in [-0.4, -0.2) is 13.2 Å². The molecule has 2 aromatic rings. The van der Waals surface area contributed by atoms with Gasteiger partial charge in [0.15, 0.2) is 11.5 Å². The molecule has 2 aromatic carbocycles. The number of rotatable bonds is 7. The van der Waals surface area contributed by atoms with Gasteiger partial charge in [0.05, 0.1) is 13.2 Å². The average Bonchev–Trinajstić information content (AvgIpc) is 2.51. The number of ether oxygens (including phenoxy) is 2. The van der Waals surface area contributed by atoms with E-state index < -0.39 is 0 Å². The van der Waals surface area contributed by atoms with Gasteiger partial charge in [-0.25, -0.2) is 0 Å². The fourth-order valence-electron chi connectivity index (χ4n) is 2.49. The molecule has 118 valence electrons. The Bertz CT molecular complexity index is 610. The number of hydrogen-bond acceptors (Lipinski definition) is 3. The molecular weight excluding hydrogens is 274 g/mol. The van der Waals surface area contributed by atoms with Crippen molar-refractivity contribution in [2.45, 2.75) is 33.2 Å². The lowest BCUT2D eigenvalue weighted by Crippen LogP contribution is -2.14. The fourth-order valence-corrected chi connectivity index (χ4v) is 2.49. The molecule has 0 bridgehead atoms. The second-order valence-electron chi connectivity index (χ2n) is 5.31. The minimum Gasteiger partial charge on any atom is -0.490 e. The molecule has 0 saturated heterocycles. The van der Waals surface area contributed by atoms with Gasteiger partial charge < -0.3 is 15.2 Å². The smallest absolute Gasteiger partial charge is 0.161 e. The maximum atomic E-state index is 6.39. The Hall–Kier alpha value is -2.00. The van der Waals surface area contributed by atoms with E-state index in [1.807, 2.05) is 32.0 Å². The van der Waals surface area contributed by atoms with Crippen molar-refractivity contribution < 1.29 is 9.47 Å². The molecule has 3 nitrogen and oxygen atoms in total. The zero-order chi connectivity index (χ0) is 15.9. The minimum atomic E-state index is -0.0593. The van der Waals surface area contributed by atoms with E-state index in [9.17, 15) is 0 Å². The van der Waals surface area contributed by atoms with Gasteiger partial charge >= 0.3 is 0 Å². The first-order valence-corrected chi connectivity index (χ1v) is 7.85. The highest BCUT2D eigenvalue weighted by atomic mass is 16.5. The third kappa shape index (κ3) is 4.01. The zero-order valence-corrected chi connectivity index (χ0v) is 13.6. The van der Waals surface area contributed by atoms with Gasteiger partial charge in [-0.1, -0.05) is 30.3 Å². The minimum absolute atomic E-state index is 0.0593. The Morgan fingerprint density at radius 2 is 1.64 bits per heavy atom. The first-order valence-electron chi connectivity index (χ1n) is 7.85. The average molecular weight is 299 g/mol. The molecule has 2 rings (SSSR count). The van der Waals surface area contributed by atoms with E-state index >= 15 is 0 Å². The predicted octanol–water partition coefficient (Wildman–Crippen LogP) is 4.03. The SMILES string of the molecule is CCOc1ccc(C(N)Cc2ccccc2C)cc1OCC. The van der Waals surface area contributed by atoms with E-state index in [0.29, 0.717) is 13.2 Å². The molecule has 0 radical (unpaired) electrons. The molecule has 0 aliphatic carbocycles. The van der Waals surface area contributed by atoms with E-state index in [-0.39, 0.29) is 6.04 Å². The molecule has 1 unspecified atom stereocenters. The first kappa shape index (κ1) is 16.4. The van der Waals surface area contributed by atoms with Gasteiger partial charge in [-0.05, 0) is 56.0 Å². The van der Waals surface area contributed by atoms with Crippen LogP contribution in [0.3, 0.4) is 0 Å². The quantitative estimate of drug-likeness (QED) is 0.839. The second-order valence-corrected chi connectivity index (χ2v) is 5.31. The largest absolute Gasteiger partial charge is 0.490 e. The molecule has 0 aliphatic rings. The van der Waals surface area contributed by atoms with Crippen LogP contribution in [0.1, 0.15) is 36.6 Å². The summed E-state index contributed by atoms with van der Waals surface area (Å²) in [4.78, 5) is 0. The van der Waals surface area contributed by atoms with E-state index in [4.69, 9.17) is 15.2 Å². The molecule has 0 fully saturated rings. The van der Waals surface area contributed by atoms with Crippen LogP contribution in [0, 0.1) is 6.92 Å². The number of aryl methyl sites for hydroxylation is 1. The second kappa shape index (κ2) is 7.85. The van der Waals surface area contributed by atoms with Crippen LogP contribution in [-0.2, 0) is 6.42 Å². The van der Waals surface area contributed by atoms with E-state index in [1.54, 1.807) is 0 Å². The standard InChI is InChI=1S/C19H25NO2/c1-4-21-18-11-10-16(13-19(18)22-5-2)17(20)12-15-9-7-6-8-14(15)3/h6-11,13,17H,4-5,12,20H2,1-3H3. The first-order chi connectivity index (χ1) is 10.7. The summed E-state index contributed by atoms with van der Waals surface area (Å²) < 4.78 is 11.3. The molecule has 0 aliphatic heterocycles. The van der Waals surface area contributed by atoms with Crippen molar-refractivity contribution in [3.8, 4) is 11.5 Å². The van der Waals surface area contributed by atoms with Crippen molar-refractivity contribution in [2.75, 3.05) is 13.2 Å². The van der Waals surface area contributed by atoms with Gasteiger partial charge in [0.25, 0.3) is 0 Å². The van der Waals surface area contributed by atoms with Crippen molar-refractivity contribution in [2.24, 2.45) is 5.73 Å². The Morgan fingerprint density at radius 3 is 2.32 bits per heavy atom. The molecule has 0 saturated carbocycles. The van der Waals surface area contributed by atoms with Crippen molar-refractivity contribution in [3.63, 3.8) is 0 Å². The van der Waals surface area contributed by atoms with Crippen LogP contribution in [0.25, 0.3) is 0 Å². The van der Waals surface area contributed by atoms with Crippen LogP contribution < -0.4 is 15.2 Å². The van der Waals surface area contributed by atoms with Crippen LogP contribution >= 0.6 is 0 Å². The van der Waals surface area contributed by atoms with Crippen molar-refractivity contribution in [1.82, 2.24) is 0 Å². The van der Waals surface area contributed by atoms with Crippen molar-refractivity contribution in [1.29, 1.82) is 0 Å². The summed E-state index contributed by atoms with van der Waals surface area (Å²) in [6, 6.07) is 14.3. The van der Waals surface area contributed by atoms with Crippen LogP contribution in [0.4, 0.5) is 0 Å². The molecule has 3 heteroatoms. The summed E-state index contributed by atoms with van der Waals surface area (Å²) in [5, 5.41) is 0. The van der Waals surface area contributed by atoms with Crippen LogP contribution in [0.5, 0.6) is 11.5 Å². The van der Waals surface area contributed by atoms with Gasteiger partial charge in [0.1, 0.15) is 0 Å². The highest BCUT2D eigenvalue weighted by Gasteiger charge is 2.12. The van der Waals surface area contributed by atoms with Gasteiger partial charge in [0, 0.05) is 6.04 Å².